The number of nitrogens with two attached hydrogens (primary N) is 1. The van der Waals surface area contributed by atoms with Crippen LogP contribution in [0.5, 0.6) is 5.75 Å². The molecule has 3 rings (SSSR count). The molecule has 2 heterocycles. The van der Waals surface area contributed by atoms with Crippen LogP contribution in [0.2, 0.25) is 0 Å². The molecule has 0 aliphatic carbocycles. The molecular formula is C15H21NO2S. The first-order chi connectivity index (χ1) is 9.30. The van der Waals surface area contributed by atoms with E-state index in [2.05, 4.69) is 0 Å². The molecule has 1 aromatic carbocycles. The molecule has 2 saturated heterocycles. The van der Waals surface area contributed by atoms with Crippen molar-refractivity contribution in [1.82, 2.24) is 0 Å². The van der Waals surface area contributed by atoms with Crippen LogP contribution in [0, 0.1) is 0 Å². The average Bonchev–Trinajstić information content (AvgIpc) is 2.87. The maximum Gasteiger partial charge on any atom is 0.120 e. The molecule has 1 aromatic rings. The summed E-state index contributed by atoms with van der Waals surface area (Å²) in [7, 11) is 0. The van der Waals surface area contributed by atoms with Gasteiger partial charge in [-0.05, 0) is 29.9 Å². The Balaban J connectivity index is 1.65. The lowest BCUT2D eigenvalue weighted by atomic mass is 9.91. The van der Waals surface area contributed by atoms with Gasteiger partial charge in [-0.25, -0.2) is 0 Å². The van der Waals surface area contributed by atoms with Crippen molar-refractivity contribution >= 4 is 11.8 Å². The first-order valence-electron chi connectivity index (χ1n) is 6.97. The van der Waals surface area contributed by atoms with Crippen molar-refractivity contribution in [3.8, 4) is 5.75 Å². The van der Waals surface area contributed by atoms with E-state index in [1.165, 1.54) is 12.2 Å². The zero-order valence-electron chi connectivity index (χ0n) is 11.1. The Kier molecular flexibility index (Phi) is 4.01. The zero-order valence-corrected chi connectivity index (χ0v) is 12.0. The molecule has 2 aliphatic rings. The predicted molar refractivity (Wildman–Crippen MR) is 78.6 cm³/mol. The summed E-state index contributed by atoms with van der Waals surface area (Å²) < 4.78 is 12.2. The van der Waals surface area contributed by atoms with E-state index in [1.807, 2.05) is 36.0 Å². The van der Waals surface area contributed by atoms with Gasteiger partial charge in [0.15, 0.2) is 0 Å². The molecule has 2 fully saturated rings. The fourth-order valence-electron chi connectivity index (χ4n) is 2.88. The third kappa shape index (κ3) is 3.07. The van der Waals surface area contributed by atoms with E-state index >= 15 is 0 Å². The minimum absolute atomic E-state index is 0.0824. The number of benzene rings is 1. The van der Waals surface area contributed by atoms with Crippen LogP contribution < -0.4 is 10.5 Å². The minimum Gasteiger partial charge on any atom is -0.490 e. The number of thioether (sulfide) groups is 1. The fraction of sp³-hybridized carbons (Fsp3) is 0.600. The molecule has 3 nitrogen and oxygen atoms in total. The molecule has 2 atom stereocenters. The van der Waals surface area contributed by atoms with Gasteiger partial charge in [0.05, 0.1) is 12.2 Å². The van der Waals surface area contributed by atoms with E-state index in [-0.39, 0.29) is 11.7 Å². The van der Waals surface area contributed by atoms with E-state index in [1.54, 1.807) is 0 Å². The largest absolute Gasteiger partial charge is 0.490 e. The Labute approximate surface area is 118 Å². The summed E-state index contributed by atoms with van der Waals surface area (Å²) in [5.41, 5.74) is 6.87. The molecule has 0 saturated carbocycles. The van der Waals surface area contributed by atoms with E-state index in [0.29, 0.717) is 6.54 Å². The van der Waals surface area contributed by atoms with Crippen LogP contribution >= 0.6 is 11.8 Å². The highest BCUT2D eigenvalue weighted by Crippen LogP contribution is 2.39. The summed E-state index contributed by atoms with van der Waals surface area (Å²) in [5, 5.41) is 0. The lowest BCUT2D eigenvalue weighted by Gasteiger charge is -2.37. The van der Waals surface area contributed by atoms with Crippen molar-refractivity contribution in [3.63, 3.8) is 0 Å². The smallest absolute Gasteiger partial charge is 0.120 e. The zero-order chi connectivity index (χ0) is 13.1. The lowest BCUT2D eigenvalue weighted by Crippen LogP contribution is -2.43. The van der Waals surface area contributed by atoms with Gasteiger partial charge in [-0.2, -0.15) is 11.8 Å². The van der Waals surface area contributed by atoms with Crippen LogP contribution in [-0.4, -0.2) is 29.8 Å². The molecule has 104 valence electrons. The highest BCUT2D eigenvalue weighted by molar-refractivity contribution is 7.99. The lowest BCUT2D eigenvalue weighted by molar-refractivity contribution is -0.0959. The summed E-state index contributed by atoms with van der Waals surface area (Å²) >= 11 is 2.00. The Bertz CT molecular complexity index is 432. The van der Waals surface area contributed by atoms with Gasteiger partial charge in [-0.15, -0.1) is 0 Å². The van der Waals surface area contributed by atoms with Gasteiger partial charge in [0.2, 0.25) is 0 Å². The first kappa shape index (κ1) is 13.3. The minimum atomic E-state index is 0.0824. The topological polar surface area (TPSA) is 44.5 Å². The molecule has 2 N–H and O–H groups in total. The Morgan fingerprint density at radius 1 is 1.47 bits per heavy atom. The maximum atomic E-state index is 6.14. The third-order valence-electron chi connectivity index (χ3n) is 3.95. The summed E-state index contributed by atoms with van der Waals surface area (Å²) in [6.07, 6.45) is 3.45. The van der Waals surface area contributed by atoms with E-state index in [4.69, 9.17) is 15.2 Å². The van der Waals surface area contributed by atoms with Crippen molar-refractivity contribution in [2.24, 2.45) is 5.73 Å². The number of rotatable bonds is 3. The molecule has 0 amide bonds. The monoisotopic (exact) mass is 279 g/mol. The van der Waals surface area contributed by atoms with Crippen LogP contribution in [0.3, 0.4) is 0 Å². The van der Waals surface area contributed by atoms with Gasteiger partial charge in [0.25, 0.3) is 0 Å². The Hall–Kier alpha value is -0.710. The average molecular weight is 279 g/mol. The molecule has 2 aliphatic heterocycles. The van der Waals surface area contributed by atoms with E-state index < -0.39 is 0 Å². The number of hydrogen-bond acceptors (Lipinski definition) is 4. The van der Waals surface area contributed by atoms with E-state index in [0.717, 1.165) is 36.5 Å². The highest BCUT2D eigenvalue weighted by atomic mass is 32.2. The van der Waals surface area contributed by atoms with Crippen molar-refractivity contribution in [3.05, 3.63) is 29.8 Å². The molecule has 19 heavy (non-hydrogen) atoms. The van der Waals surface area contributed by atoms with Gasteiger partial charge in [-0.3, -0.25) is 0 Å². The number of hydrogen-bond donors (Lipinski definition) is 1. The standard InChI is InChI=1S/C15H21NO2S/c16-10-12-2-1-3-13(8-12)18-14-4-6-17-15(9-14)5-7-19-11-15/h1-3,8,14H,4-7,9-11,16H2. The quantitative estimate of drug-likeness (QED) is 0.923. The summed E-state index contributed by atoms with van der Waals surface area (Å²) in [4.78, 5) is 0. The Morgan fingerprint density at radius 2 is 2.42 bits per heavy atom. The van der Waals surface area contributed by atoms with Crippen LogP contribution in [0.4, 0.5) is 0 Å². The van der Waals surface area contributed by atoms with Gasteiger partial charge >= 0.3 is 0 Å². The second-order valence-electron chi connectivity index (χ2n) is 5.42. The summed E-state index contributed by atoms with van der Waals surface area (Å²) in [5.74, 6) is 3.28. The second-order valence-corrected chi connectivity index (χ2v) is 6.52. The molecule has 1 spiro atoms. The van der Waals surface area contributed by atoms with Crippen LogP contribution in [0.1, 0.15) is 24.8 Å². The van der Waals surface area contributed by atoms with Crippen molar-refractivity contribution in [2.75, 3.05) is 18.1 Å². The second kappa shape index (κ2) is 5.73. The van der Waals surface area contributed by atoms with Crippen LogP contribution in [0.25, 0.3) is 0 Å². The highest BCUT2D eigenvalue weighted by Gasteiger charge is 2.41. The van der Waals surface area contributed by atoms with Crippen molar-refractivity contribution < 1.29 is 9.47 Å². The maximum absolute atomic E-state index is 6.14. The van der Waals surface area contributed by atoms with Gasteiger partial charge in [0.1, 0.15) is 11.9 Å². The van der Waals surface area contributed by atoms with Crippen molar-refractivity contribution in [2.45, 2.75) is 37.5 Å². The molecular weight excluding hydrogens is 258 g/mol. The van der Waals surface area contributed by atoms with Crippen LogP contribution in [0.15, 0.2) is 24.3 Å². The first-order valence-corrected chi connectivity index (χ1v) is 8.13. The third-order valence-corrected chi connectivity index (χ3v) is 5.17. The van der Waals surface area contributed by atoms with Gasteiger partial charge in [0, 0.05) is 25.1 Å². The normalized spacial score (nSPS) is 30.7. The fourth-order valence-corrected chi connectivity index (χ4v) is 4.26. The summed E-state index contributed by atoms with van der Waals surface area (Å²) in [6.45, 7) is 1.38. The number of ether oxygens (including phenoxy) is 2. The molecule has 4 heteroatoms. The molecule has 0 aromatic heterocycles. The van der Waals surface area contributed by atoms with Crippen LogP contribution in [-0.2, 0) is 11.3 Å². The molecule has 2 unspecified atom stereocenters. The Morgan fingerprint density at radius 3 is 3.21 bits per heavy atom. The molecule has 0 bridgehead atoms. The summed E-state index contributed by atoms with van der Waals surface area (Å²) in [6, 6.07) is 8.11. The van der Waals surface area contributed by atoms with Gasteiger partial charge < -0.3 is 15.2 Å². The van der Waals surface area contributed by atoms with Crippen molar-refractivity contribution in [1.29, 1.82) is 0 Å². The van der Waals surface area contributed by atoms with E-state index in [9.17, 15) is 0 Å². The molecule has 0 radical (unpaired) electrons. The predicted octanol–water partition coefficient (Wildman–Crippen LogP) is 2.58. The van der Waals surface area contributed by atoms with Gasteiger partial charge in [-0.1, -0.05) is 12.1 Å². The SMILES string of the molecule is NCc1cccc(OC2CCOC3(CCSC3)C2)c1.